The van der Waals surface area contributed by atoms with Crippen molar-refractivity contribution in [3.63, 3.8) is 0 Å². The molecule has 0 spiro atoms. The van der Waals surface area contributed by atoms with Crippen LogP contribution in [0.25, 0.3) is 0 Å². The van der Waals surface area contributed by atoms with Crippen molar-refractivity contribution in [2.24, 2.45) is 0 Å². The number of aliphatic hydroxyl groups is 1. The molecule has 6 heteroatoms. The highest BCUT2D eigenvalue weighted by Gasteiger charge is 2.09. The molecular formula is C20H30O6. The van der Waals surface area contributed by atoms with Gasteiger partial charge in [0.05, 0.1) is 20.8 Å². The van der Waals surface area contributed by atoms with Gasteiger partial charge in [-0.25, -0.2) is 0 Å². The summed E-state index contributed by atoms with van der Waals surface area (Å²) in [5.74, 6) is 0.314. The van der Waals surface area contributed by atoms with Crippen molar-refractivity contribution in [1.82, 2.24) is 0 Å². The molecule has 0 aliphatic heterocycles. The van der Waals surface area contributed by atoms with Crippen LogP contribution in [0.3, 0.4) is 0 Å². The largest absolute Gasteiger partial charge is 0.493 e. The minimum atomic E-state index is -0.249. The zero-order valence-electron chi connectivity index (χ0n) is 15.8. The van der Waals surface area contributed by atoms with E-state index in [4.69, 9.17) is 14.6 Å². The molecule has 1 rings (SSSR count). The van der Waals surface area contributed by atoms with Gasteiger partial charge in [-0.1, -0.05) is 12.1 Å². The quantitative estimate of drug-likeness (QED) is 0.427. The maximum absolute atomic E-state index is 11.4. The molecule has 146 valence electrons. The number of methoxy groups -OCH3 is 2. The topological polar surface area (TPSA) is 82.1 Å². The number of aliphatic hydroxyl groups excluding tert-OH is 1. The normalized spacial score (nSPS) is 10.4. The highest BCUT2D eigenvalue weighted by molar-refractivity contribution is 5.69. The van der Waals surface area contributed by atoms with E-state index in [0.29, 0.717) is 32.3 Å². The Hall–Kier alpha value is -2.08. The number of unbranched alkanes of at least 4 members (excludes halogenated alkanes) is 2. The number of carbonyl (C=O) groups is 2. The molecule has 0 unspecified atom stereocenters. The number of carbonyl (C=O) groups excluding carboxylic acids is 2. The molecule has 6 nitrogen and oxygen atoms in total. The standard InChI is InChI=1S/C20H30O6/c1-24-19(22)8-6-7-16-9-10-17(11-12-20(23)25-2)18(15-16)26-14-5-3-4-13-21/h9-10,15,21H,3-8,11-14H2,1-2H3. The Labute approximate surface area is 155 Å². The second-order valence-electron chi connectivity index (χ2n) is 6.08. The van der Waals surface area contributed by atoms with E-state index < -0.39 is 0 Å². The van der Waals surface area contributed by atoms with Crippen LogP contribution in [0.5, 0.6) is 5.75 Å². The molecule has 1 aromatic rings. The number of hydrogen-bond acceptors (Lipinski definition) is 6. The molecule has 26 heavy (non-hydrogen) atoms. The van der Waals surface area contributed by atoms with Crippen LogP contribution < -0.4 is 4.74 Å². The lowest BCUT2D eigenvalue weighted by Gasteiger charge is -2.13. The molecule has 0 saturated carbocycles. The molecule has 0 fully saturated rings. The van der Waals surface area contributed by atoms with Gasteiger partial charge in [0.1, 0.15) is 5.75 Å². The minimum Gasteiger partial charge on any atom is -0.493 e. The predicted octanol–water partition coefficient (Wildman–Crippen LogP) is 2.83. The Balaban J connectivity index is 2.68. The summed E-state index contributed by atoms with van der Waals surface area (Å²) in [6.07, 6.45) is 5.26. The third-order valence-electron chi connectivity index (χ3n) is 4.09. The first kappa shape index (κ1) is 22.0. The summed E-state index contributed by atoms with van der Waals surface area (Å²) in [6, 6.07) is 5.96. The molecule has 0 bridgehead atoms. The van der Waals surface area contributed by atoms with Gasteiger partial charge in [0, 0.05) is 19.4 Å². The van der Waals surface area contributed by atoms with Crippen LogP contribution in [0, 0.1) is 0 Å². The van der Waals surface area contributed by atoms with Crippen LogP contribution in [0.1, 0.15) is 49.7 Å². The lowest BCUT2D eigenvalue weighted by molar-refractivity contribution is -0.141. The zero-order valence-corrected chi connectivity index (χ0v) is 15.8. The van der Waals surface area contributed by atoms with E-state index in [-0.39, 0.29) is 18.5 Å². The van der Waals surface area contributed by atoms with Crippen molar-refractivity contribution < 1.29 is 28.9 Å². The van der Waals surface area contributed by atoms with Gasteiger partial charge in [-0.3, -0.25) is 9.59 Å². The lowest BCUT2D eigenvalue weighted by Crippen LogP contribution is -2.06. The van der Waals surface area contributed by atoms with Gasteiger partial charge in [0.15, 0.2) is 0 Å². The fraction of sp³-hybridized carbons (Fsp3) is 0.600. The van der Waals surface area contributed by atoms with E-state index >= 15 is 0 Å². The summed E-state index contributed by atoms with van der Waals surface area (Å²) in [5.41, 5.74) is 2.05. The summed E-state index contributed by atoms with van der Waals surface area (Å²) in [6.45, 7) is 0.761. The van der Waals surface area contributed by atoms with Crippen molar-refractivity contribution in [2.45, 2.75) is 51.4 Å². The average molecular weight is 366 g/mol. The van der Waals surface area contributed by atoms with E-state index in [9.17, 15) is 9.59 Å². The molecular weight excluding hydrogens is 336 g/mol. The summed E-state index contributed by atoms with van der Waals surface area (Å²) >= 11 is 0. The third kappa shape index (κ3) is 8.85. The Morgan fingerprint density at radius 3 is 2.35 bits per heavy atom. The highest BCUT2D eigenvalue weighted by atomic mass is 16.5. The first-order chi connectivity index (χ1) is 12.6. The third-order valence-corrected chi connectivity index (χ3v) is 4.09. The summed E-state index contributed by atoms with van der Waals surface area (Å²) in [5, 5.41) is 8.83. The van der Waals surface area contributed by atoms with Gasteiger partial charge in [-0.15, -0.1) is 0 Å². The van der Waals surface area contributed by atoms with Crippen molar-refractivity contribution in [1.29, 1.82) is 0 Å². The van der Waals surface area contributed by atoms with Crippen molar-refractivity contribution >= 4 is 11.9 Å². The Bertz CT molecular complexity index is 555. The average Bonchev–Trinajstić information content (AvgIpc) is 2.66. The fourth-order valence-corrected chi connectivity index (χ4v) is 2.55. The maximum atomic E-state index is 11.4. The summed E-state index contributed by atoms with van der Waals surface area (Å²) in [4.78, 5) is 22.6. The van der Waals surface area contributed by atoms with Crippen molar-refractivity contribution in [3.8, 4) is 5.75 Å². The van der Waals surface area contributed by atoms with Gasteiger partial charge in [0.2, 0.25) is 0 Å². The molecule has 0 radical (unpaired) electrons. The number of benzene rings is 1. The first-order valence-electron chi connectivity index (χ1n) is 9.09. The highest BCUT2D eigenvalue weighted by Crippen LogP contribution is 2.24. The van der Waals surface area contributed by atoms with E-state index in [1.54, 1.807) is 0 Å². The number of hydrogen-bond donors (Lipinski definition) is 1. The lowest BCUT2D eigenvalue weighted by atomic mass is 10.0. The van der Waals surface area contributed by atoms with Gasteiger partial charge < -0.3 is 19.3 Å². The second-order valence-corrected chi connectivity index (χ2v) is 6.08. The van der Waals surface area contributed by atoms with Crippen LogP contribution in [-0.4, -0.2) is 44.5 Å². The molecule has 0 amide bonds. The van der Waals surface area contributed by atoms with E-state index in [2.05, 4.69) is 4.74 Å². The molecule has 0 saturated heterocycles. The number of ether oxygens (including phenoxy) is 3. The molecule has 0 aliphatic carbocycles. The van der Waals surface area contributed by atoms with Crippen molar-refractivity contribution in [2.75, 3.05) is 27.4 Å². The molecule has 1 N–H and O–H groups in total. The maximum Gasteiger partial charge on any atom is 0.305 e. The first-order valence-corrected chi connectivity index (χ1v) is 9.09. The summed E-state index contributed by atoms with van der Waals surface area (Å²) < 4.78 is 15.3. The number of esters is 2. The smallest absolute Gasteiger partial charge is 0.305 e. The van der Waals surface area contributed by atoms with Crippen LogP contribution in [-0.2, 0) is 31.9 Å². The number of rotatable bonds is 13. The molecule has 1 aromatic carbocycles. The SMILES string of the molecule is COC(=O)CCCc1ccc(CCC(=O)OC)c(OCCCCCO)c1. The predicted molar refractivity (Wildman–Crippen MR) is 98.2 cm³/mol. The molecule has 0 atom stereocenters. The van der Waals surface area contributed by atoms with Crippen LogP contribution in [0.4, 0.5) is 0 Å². The van der Waals surface area contributed by atoms with Crippen LogP contribution in [0.15, 0.2) is 18.2 Å². The Morgan fingerprint density at radius 2 is 1.65 bits per heavy atom. The number of aryl methyl sites for hydroxylation is 2. The van der Waals surface area contributed by atoms with E-state index in [0.717, 1.165) is 42.6 Å². The van der Waals surface area contributed by atoms with E-state index in [1.807, 2.05) is 18.2 Å². The summed E-state index contributed by atoms with van der Waals surface area (Å²) in [7, 11) is 2.77. The fourth-order valence-electron chi connectivity index (χ4n) is 2.55. The van der Waals surface area contributed by atoms with Crippen LogP contribution >= 0.6 is 0 Å². The molecule has 0 heterocycles. The monoisotopic (exact) mass is 366 g/mol. The van der Waals surface area contributed by atoms with Gasteiger partial charge in [-0.2, -0.15) is 0 Å². The Morgan fingerprint density at radius 1 is 0.923 bits per heavy atom. The van der Waals surface area contributed by atoms with Gasteiger partial charge in [-0.05, 0) is 55.7 Å². The van der Waals surface area contributed by atoms with Crippen molar-refractivity contribution in [3.05, 3.63) is 29.3 Å². The minimum absolute atomic E-state index is 0.195. The zero-order chi connectivity index (χ0) is 19.2. The second kappa shape index (κ2) is 13.2. The van der Waals surface area contributed by atoms with Gasteiger partial charge >= 0.3 is 11.9 Å². The molecule has 0 aromatic heterocycles. The van der Waals surface area contributed by atoms with Crippen LogP contribution in [0.2, 0.25) is 0 Å². The van der Waals surface area contributed by atoms with Gasteiger partial charge in [0.25, 0.3) is 0 Å². The Kier molecular flexibility index (Phi) is 11.1. The van der Waals surface area contributed by atoms with E-state index in [1.165, 1.54) is 14.2 Å². The molecule has 0 aliphatic rings.